The molecule has 1 fully saturated rings. The molecule has 1 heteroatoms. The lowest BCUT2D eigenvalue weighted by atomic mass is 9.81. The van der Waals surface area contributed by atoms with E-state index in [2.05, 4.69) is 20.8 Å². The van der Waals surface area contributed by atoms with Gasteiger partial charge in [-0.3, -0.25) is 0 Å². The second-order valence-corrected chi connectivity index (χ2v) is 6.14. The summed E-state index contributed by atoms with van der Waals surface area (Å²) in [4.78, 5) is 0. The van der Waals surface area contributed by atoms with Crippen LogP contribution in [0.15, 0.2) is 0 Å². The lowest BCUT2D eigenvalue weighted by molar-refractivity contribution is 0.265. The van der Waals surface area contributed by atoms with Crippen LogP contribution in [0.4, 0.5) is 0 Å². The van der Waals surface area contributed by atoms with Crippen LogP contribution >= 0.6 is 0 Å². The average molecular weight is 197 g/mol. The zero-order chi connectivity index (χ0) is 10.6. The molecule has 1 nitrogen and oxygen atoms in total. The molecule has 0 saturated heterocycles. The first-order valence-corrected chi connectivity index (χ1v) is 6.23. The van der Waals surface area contributed by atoms with Crippen LogP contribution in [0.3, 0.4) is 0 Å². The first kappa shape index (κ1) is 12.0. The maximum Gasteiger partial charge on any atom is -0.00462 e. The maximum atomic E-state index is 5.88. The highest BCUT2D eigenvalue weighted by atomic mass is 14.6. The van der Waals surface area contributed by atoms with Crippen molar-refractivity contribution >= 4 is 0 Å². The van der Waals surface area contributed by atoms with E-state index in [0.29, 0.717) is 5.41 Å². The smallest absolute Gasteiger partial charge is 0.00462 e. The van der Waals surface area contributed by atoms with E-state index in [-0.39, 0.29) is 0 Å². The maximum absolute atomic E-state index is 5.88. The van der Waals surface area contributed by atoms with Crippen molar-refractivity contribution in [3.05, 3.63) is 0 Å². The van der Waals surface area contributed by atoms with Crippen molar-refractivity contribution in [3.8, 4) is 0 Å². The van der Waals surface area contributed by atoms with Crippen molar-refractivity contribution < 1.29 is 0 Å². The predicted molar refractivity (Wildman–Crippen MR) is 63.2 cm³/mol. The average Bonchev–Trinajstić information content (AvgIpc) is 2.56. The molecule has 0 aliphatic heterocycles. The topological polar surface area (TPSA) is 26.0 Å². The standard InChI is InChI=1S/C13H27N/c1-13(2,3)9-8-12(10-14)11-6-4-5-7-11/h11-12H,4-10,14H2,1-3H3. The monoisotopic (exact) mass is 197 g/mol. The second-order valence-electron chi connectivity index (χ2n) is 6.14. The van der Waals surface area contributed by atoms with Gasteiger partial charge in [-0.1, -0.05) is 46.5 Å². The Labute approximate surface area is 89.5 Å². The van der Waals surface area contributed by atoms with Crippen molar-refractivity contribution in [1.82, 2.24) is 0 Å². The summed E-state index contributed by atoms with van der Waals surface area (Å²) in [7, 11) is 0. The van der Waals surface area contributed by atoms with E-state index in [0.717, 1.165) is 18.4 Å². The van der Waals surface area contributed by atoms with Gasteiger partial charge in [0.1, 0.15) is 0 Å². The molecule has 1 saturated carbocycles. The van der Waals surface area contributed by atoms with E-state index in [1.54, 1.807) is 0 Å². The van der Waals surface area contributed by atoms with Gasteiger partial charge >= 0.3 is 0 Å². The molecule has 14 heavy (non-hydrogen) atoms. The van der Waals surface area contributed by atoms with Crippen LogP contribution in [0.2, 0.25) is 0 Å². The molecule has 0 aromatic heterocycles. The molecule has 0 bridgehead atoms. The second kappa shape index (κ2) is 5.16. The fourth-order valence-electron chi connectivity index (χ4n) is 2.59. The molecule has 84 valence electrons. The highest BCUT2D eigenvalue weighted by Gasteiger charge is 2.25. The van der Waals surface area contributed by atoms with E-state index in [1.807, 2.05) is 0 Å². The molecular formula is C13H27N. The first-order chi connectivity index (χ1) is 6.53. The van der Waals surface area contributed by atoms with Gasteiger partial charge in [0.2, 0.25) is 0 Å². The van der Waals surface area contributed by atoms with Crippen LogP contribution in [-0.2, 0) is 0 Å². The molecule has 0 aromatic carbocycles. The van der Waals surface area contributed by atoms with Crippen molar-refractivity contribution in [2.75, 3.05) is 6.54 Å². The Morgan fingerprint density at radius 3 is 2.21 bits per heavy atom. The summed E-state index contributed by atoms with van der Waals surface area (Å²) in [5.41, 5.74) is 6.36. The predicted octanol–water partition coefficient (Wildman–Crippen LogP) is 3.58. The molecule has 0 spiro atoms. The molecule has 1 aliphatic carbocycles. The van der Waals surface area contributed by atoms with Crippen LogP contribution in [-0.4, -0.2) is 6.54 Å². The zero-order valence-electron chi connectivity index (χ0n) is 10.2. The van der Waals surface area contributed by atoms with Gasteiger partial charge in [-0.25, -0.2) is 0 Å². The minimum atomic E-state index is 0.478. The number of nitrogens with two attached hydrogens (primary N) is 1. The molecule has 1 rings (SSSR count). The van der Waals surface area contributed by atoms with Gasteiger partial charge in [-0.2, -0.15) is 0 Å². The van der Waals surface area contributed by atoms with Crippen molar-refractivity contribution in [1.29, 1.82) is 0 Å². The lowest BCUT2D eigenvalue weighted by Crippen LogP contribution is -2.23. The summed E-state index contributed by atoms with van der Waals surface area (Å²) < 4.78 is 0. The SMILES string of the molecule is CC(C)(C)CCC(CN)C1CCCC1. The Hall–Kier alpha value is -0.0400. The van der Waals surface area contributed by atoms with Crippen LogP contribution in [0.25, 0.3) is 0 Å². The molecule has 2 N–H and O–H groups in total. The van der Waals surface area contributed by atoms with Crippen LogP contribution < -0.4 is 5.73 Å². The number of hydrogen-bond acceptors (Lipinski definition) is 1. The summed E-state index contributed by atoms with van der Waals surface area (Å²) in [5.74, 6) is 1.75. The minimum Gasteiger partial charge on any atom is -0.330 e. The summed E-state index contributed by atoms with van der Waals surface area (Å²) in [6, 6.07) is 0. The summed E-state index contributed by atoms with van der Waals surface area (Å²) in [6.45, 7) is 7.89. The van der Waals surface area contributed by atoms with Gasteiger partial charge in [0.05, 0.1) is 0 Å². The molecule has 0 aromatic rings. The summed E-state index contributed by atoms with van der Waals surface area (Å²) >= 11 is 0. The third kappa shape index (κ3) is 4.00. The molecule has 1 unspecified atom stereocenters. The van der Waals surface area contributed by atoms with Gasteiger partial charge in [-0.15, -0.1) is 0 Å². The molecule has 1 atom stereocenters. The molecular weight excluding hydrogens is 170 g/mol. The van der Waals surface area contributed by atoms with Crippen molar-refractivity contribution in [2.24, 2.45) is 23.0 Å². The number of hydrogen-bond donors (Lipinski definition) is 1. The summed E-state index contributed by atoms with van der Waals surface area (Å²) in [6.07, 6.45) is 8.42. The Balaban J connectivity index is 2.31. The van der Waals surface area contributed by atoms with Crippen molar-refractivity contribution in [2.45, 2.75) is 59.3 Å². The van der Waals surface area contributed by atoms with E-state index >= 15 is 0 Å². The van der Waals surface area contributed by atoms with Crippen LogP contribution in [0.5, 0.6) is 0 Å². The zero-order valence-corrected chi connectivity index (χ0v) is 10.2. The first-order valence-electron chi connectivity index (χ1n) is 6.23. The van der Waals surface area contributed by atoms with Gasteiger partial charge in [0, 0.05) is 0 Å². The fraction of sp³-hybridized carbons (Fsp3) is 1.00. The Bertz CT molecular complexity index is 151. The molecule has 0 heterocycles. The van der Waals surface area contributed by atoms with Gasteiger partial charge in [-0.05, 0) is 36.6 Å². The van der Waals surface area contributed by atoms with E-state index in [4.69, 9.17) is 5.73 Å². The molecule has 0 radical (unpaired) electrons. The van der Waals surface area contributed by atoms with Crippen LogP contribution in [0, 0.1) is 17.3 Å². The van der Waals surface area contributed by atoms with E-state index in [9.17, 15) is 0 Å². The Morgan fingerprint density at radius 1 is 1.21 bits per heavy atom. The van der Waals surface area contributed by atoms with Crippen molar-refractivity contribution in [3.63, 3.8) is 0 Å². The molecule has 0 amide bonds. The highest BCUT2D eigenvalue weighted by molar-refractivity contribution is 4.77. The summed E-state index contributed by atoms with van der Waals surface area (Å²) in [5, 5.41) is 0. The number of rotatable bonds is 4. The third-order valence-corrected chi connectivity index (χ3v) is 3.63. The van der Waals surface area contributed by atoms with E-state index < -0.39 is 0 Å². The lowest BCUT2D eigenvalue weighted by Gasteiger charge is -2.26. The normalized spacial score (nSPS) is 21.4. The highest BCUT2D eigenvalue weighted by Crippen LogP contribution is 2.35. The molecule has 1 aliphatic rings. The quantitative estimate of drug-likeness (QED) is 0.732. The van der Waals surface area contributed by atoms with Gasteiger partial charge in [0.15, 0.2) is 0 Å². The fourth-order valence-corrected chi connectivity index (χ4v) is 2.59. The largest absolute Gasteiger partial charge is 0.330 e. The van der Waals surface area contributed by atoms with Gasteiger partial charge < -0.3 is 5.73 Å². The minimum absolute atomic E-state index is 0.478. The third-order valence-electron chi connectivity index (χ3n) is 3.63. The van der Waals surface area contributed by atoms with Gasteiger partial charge in [0.25, 0.3) is 0 Å². The Kier molecular flexibility index (Phi) is 4.43. The Morgan fingerprint density at radius 2 is 1.79 bits per heavy atom. The van der Waals surface area contributed by atoms with E-state index in [1.165, 1.54) is 38.5 Å². The van der Waals surface area contributed by atoms with Crippen LogP contribution in [0.1, 0.15) is 59.3 Å².